The molecular formula is C12H16O. The summed E-state index contributed by atoms with van der Waals surface area (Å²) in [6, 6.07) is 5.74. The molecule has 1 nitrogen and oxygen atoms in total. The Hall–Kier alpha value is -1.24. The summed E-state index contributed by atoms with van der Waals surface area (Å²) in [5.74, 6) is 0.371. The lowest BCUT2D eigenvalue weighted by Crippen LogP contribution is -1.84. The Morgan fingerprint density at radius 3 is 2.62 bits per heavy atom. The molecule has 0 saturated heterocycles. The van der Waals surface area contributed by atoms with Crippen LogP contribution in [0.2, 0.25) is 0 Å². The minimum Gasteiger partial charge on any atom is -0.508 e. The predicted molar refractivity (Wildman–Crippen MR) is 56.8 cm³/mol. The maximum Gasteiger partial charge on any atom is 0.118 e. The molecule has 0 spiro atoms. The molecule has 0 aromatic heterocycles. The number of rotatable bonds is 2. The molecule has 1 aromatic carbocycles. The van der Waals surface area contributed by atoms with Crippen molar-refractivity contribution in [3.63, 3.8) is 0 Å². The second-order valence-electron chi connectivity index (χ2n) is 3.17. The number of aryl methyl sites for hydroxylation is 1. The van der Waals surface area contributed by atoms with Gasteiger partial charge in [-0.1, -0.05) is 19.1 Å². The lowest BCUT2D eigenvalue weighted by atomic mass is 10.0. The summed E-state index contributed by atoms with van der Waals surface area (Å²) in [6.07, 6.45) is 3.15. The van der Waals surface area contributed by atoms with Crippen molar-refractivity contribution >= 4 is 5.57 Å². The van der Waals surface area contributed by atoms with E-state index in [0.29, 0.717) is 5.75 Å². The Balaban J connectivity index is 3.10. The van der Waals surface area contributed by atoms with Gasteiger partial charge in [-0.2, -0.15) is 0 Å². The molecule has 0 aliphatic rings. The average Bonchev–Trinajstić information content (AvgIpc) is 2.13. The zero-order valence-corrected chi connectivity index (χ0v) is 8.46. The van der Waals surface area contributed by atoms with Gasteiger partial charge in [0.2, 0.25) is 0 Å². The molecule has 0 atom stereocenters. The predicted octanol–water partition coefficient (Wildman–Crippen LogP) is 3.51. The number of phenolic OH excluding ortho intramolecular Hbond substituents is 1. The van der Waals surface area contributed by atoms with Crippen molar-refractivity contribution in [2.24, 2.45) is 0 Å². The van der Waals surface area contributed by atoms with Crippen molar-refractivity contribution in [2.45, 2.75) is 27.2 Å². The molecule has 0 saturated carbocycles. The van der Waals surface area contributed by atoms with E-state index in [-0.39, 0.29) is 0 Å². The highest BCUT2D eigenvalue weighted by molar-refractivity contribution is 5.66. The van der Waals surface area contributed by atoms with E-state index in [9.17, 15) is 5.11 Å². The quantitative estimate of drug-likeness (QED) is 0.731. The van der Waals surface area contributed by atoms with Crippen LogP contribution in [0.25, 0.3) is 5.57 Å². The first-order valence-electron chi connectivity index (χ1n) is 4.64. The molecule has 0 aliphatic heterocycles. The van der Waals surface area contributed by atoms with Gasteiger partial charge in [0.25, 0.3) is 0 Å². The molecule has 1 rings (SSSR count). The fourth-order valence-corrected chi connectivity index (χ4v) is 1.43. The maximum absolute atomic E-state index is 9.35. The number of allylic oxidation sites excluding steroid dienone is 2. The van der Waals surface area contributed by atoms with Gasteiger partial charge in [0.05, 0.1) is 0 Å². The molecule has 0 heterocycles. The van der Waals surface area contributed by atoms with Crippen LogP contribution < -0.4 is 0 Å². The number of hydrogen-bond donors (Lipinski definition) is 1. The van der Waals surface area contributed by atoms with Crippen molar-refractivity contribution in [3.05, 3.63) is 35.4 Å². The zero-order valence-electron chi connectivity index (χ0n) is 8.46. The molecule has 0 radical (unpaired) electrons. The third-order valence-corrected chi connectivity index (χ3v) is 2.30. The van der Waals surface area contributed by atoms with Crippen LogP contribution in [0.4, 0.5) is 0 Å². The van der Waals surface area contributed by atoms with E-state index in [4.69, 9.17) is 0 Å². The van der Waals surface area contributed by atoms with Crippen LogP contribution in [0.15, 0.2) is 24.3 Å². The largest absolute Gasteiger partial charge is 0.508 e. The third-order valence-electron chi connectivity index (χ3n) is 2.30. The SMILES string of the molecule is C/C=C(\CC)c1ccc(O)c(C)c1. The van der Waals surface area contributed by atoms with Gasteiger partial charge < -0.3 is 5.11 Å². The van der Waals surface area contributed by atoms with E-state index in [1.807, 2.05) is 26.0 Å². The first kappa shape index (κ1) is 9.85. The zero-order chi connectivity index (χ0) is 9.84. The van der Waals surface area contributed by atoms with Crippen LogP contribution in [0.1, 0.15) is 31.4 Å². The summed E-state index contributed by atoms with van der Waals surface area (Å²) in [4.78, 5) is 0. The maximum atomic E-state index is 9.35. The van der Waals surface area contributed by atoms with Gasteiger partial charge in [-0.15, -0.1) is 0 Å². The molecule has 1 heteroatoms. The fourth-order valence-electron chi connectivity index (χ4n) is 1.43. The fraction of sp³-hybridized carbons (Fsp3) is 0.333. The lowest BCUT2D eigenvalue weighted by molar-refractivity contribution is 0.471. The second-order valence-corrected chi connectivity index (χ2v) is 3.17. The topological polar surface area (TPSA) is 20.2 Å². The smallest absolute Gasteiger partial charge is 0.118 e. The molecule has 0 aliphatic carbocycles. The van der Waals surface area contributed by atoms with Gasteiger partial charge in [0.1, 0.15) is 5.75 Å². The molecule has 0 unspecified atom stereocenters. The third kappa shape index (κ3) is 2.11. The van der Waals surface area contributed by atoms with E-state index < -0.39 is 0 Å². The summed E-state index contributed by atoms with van der Waals surface area (Å²) in [6.45, 7) is 6.10. The second kappa shape index (κ2) is 4.13. The van der Waals surface area contributed by atoms with Gasteiger partial charge in [-0.25, -0.2) is 0 Å². The van der Waals surface area contributed by atoms with Crippen LogP contribution >= 0.6 is 0 Å². The Labute approximate surface area is 79.7 Å². The Bertz CT molecular complexity index is 324. The van der Waals surface area contributed by atoms with Crippen molar-refractivity contribution in [1.82, 2.24) is 0 Å². The monoisotopic (exact) mass is 176 g/mol. The van der Waals surface area contributed by atoms with Gasteiger partial charge in [0, 0.05) is 0 Å². The molecule has 70 valence electrons. The standard InChI is InChI=1S/C12H16O/c1-4-10(5-2)11-6-7-12(13)9(3)8-11/h4,6-8,13H,5H2,1-3H3/b10-4+. The molecule has 0 amide bonds. The first-order valence-corrected chi connectivity index (χ1v) is 4.64. The summed E-state index contributed by atoms with van der Waals surface area (Å²) in [5, 5.41) is 9.35. The van der Waals surface area contributed by atoms with Crippen LogP contribution in [0.3, 0.4) is 0 Å². The normalized spacial score (nSPS) is 11.8. The summed E-state index contributed by atoms with van der Waals surface area (Å²) in [5.41, 5.74) is 3.47. The van der Waals surface area contributed by atoms with Crippen molar-refractivity contribution in [1.29, 1.82) is 0 Å². The number of aromatic hydroxyl groups is 1. The minimum absolute atomic E-state index is 0.371. The highest BCUT2D eigenvalue weighted by Crippen LogP contribution is 2.23. The van der Waals surface area contributed by atoms with Crippen molar-refractivity contribution in [2.75, 3.05) is 0 Å². The summed E-state index contributed by atoms with van der Waals surface area (Å²) < 4.78 is 0. The Morgan fingerprint density at radius 1 is 1.46 bits per heavy atom. The number of phenols is 1. The Morgan fingerprint density at radius 2 is 2.15 bits per heavy atom. The van der Waals surface area contributed by atoms with Crippen LogP contribution in [-0.2, 0) is 0 Å². The highest BCUT2D eigenvalue weighted by atomic mass is 16.3. The van der Waals surface area contributed by atoms with Gasteiger partial charge in [-0.3, -0.25) is 0 Å². The molecule has 1 aromatic rings. The van der Waals surface area contributed by atoms with Crippen LogP contribution in [-0.4, -0.2) is 5.11 Å². The minimum atomic E-state index is 0.371. The van der Waals surface area contributed by atoms with Gasteiger partial charge >= 0.3 is 0 Å². The average molecular weight is 176 g/mol. The van der Waals surface area contributed by atoms with Gasteiger partial charge in [0.15, 0.2) is 0 Å². The molecule has 1 N–H and O–H groups in total. The molecular weight excluding hydrogens is 160 g/mol. The van der Waals surface area contributed by atoms with E-state index in [2.05, 4.69) is 13.0 Å². The molecule has 13 heavy (non-hydrogen) atoms. The lowest BCUT2D eigenvalue weighted by Gasteiger charge is -2.06. The summed E-state index contributed by atoms with van der Waals surface area (Å²) >= 11 is 0. The first-order chi connectivity index (χ1) is 6.19. The molecule has 0 fully saturated rings. The summed E-state index contributed by atoms with van der Waals surface area (Å²) in [7, 11) is 0. The number of benzene rings is 1. The van der Waals surface area contributed by atoms with E-state index in [0.717, 1.165) is 12.0 Å². The van der Waals surface area contributed by atoms with Gasteiger partial charge in [-0.05, 0) is 49.1 Å². The van der Waals surface area contributed by atoms with Crippen LogP contribution in [0, 0.1) is 6.92 Å². The van der Waals surface area contributed by atoms with Crippen LogP contribution in [0.5, 0.6) is 5.75 Å². The highest BCUT2D eigenvalue weighted by Gasteiger charge is 2.00. The Kier molecular flexibility index (Phi) is 3.13. The van der Waals surface area contributed by atoms with Crippen molar-refractivity contribution in [3.8, 4) is 5.75 Å². The van der Waals surface area contributed by atoms with E-state index in [1.165, 1.54) is 11.1 Å². The van der Waals surface area contributed by atoms with E-state index >= 15 is 0 Å². The molecule has 0 bridgehead atoms. The number of hydrogen-bond acceptors (Lipinski definition) is 1. The van der Waals surface area contributed by atoms with Crippen molar-refractivity contribution < 1.29 is 5.11 Å². The van der Waals surface area contributed by atoms with E-state index in [1.54, 1.807) is 6.07 Å².